The second kappa shape index (κ2) is 19.6. The van der Waals surface area contributed by atoms with Gasteiger partial charge in [-0.15, -0.1) is 0 Å². The summed E-state index contributed by atoms with van der Waals surface area (Å²) in [7, 11) is 0. The molecule has 0 radical (unpaired) electrons. The van der Waals surface area contributed by atoms with Crippen molar-refractivity contribution in [1.29, 1.82) is 10.5 Å². The maximum atomic E-state index is 11.0. The molecule has 0 saturated carbocycles. The van der Waals surface area contributed by atoms with Crippen LogP contribution in [0.2, 0.25) is 0 Å². The first-order valence-corrected chi connectivity index (χ1v) is 29.9. The number of aromatic nitrogens is 7. The summed E-state index contributed by atoms with van der Waals surface area (Å²) in [4.78, 5) is 17.0. The molecule has 9 nitrogen and oxygen atoms in total. The summed E-state index contributed by atoms with van der Waals surface area (Å²) >= 11 is 0. The smallest absolute Gasteiger partial charge is 0.166 e. The second-order valence-corrected chi connectivity index (χ2v) is 25.1. The SMILES string of the molecule is CC(C)(C)c1cc(-c2nc(-c3cc(C#N)ccc3-n3c4ccccc4c4ccc5c(c6ccccc6n5-c5ccccc5)c43)nc(-c3ccc(C#N)cc3-n3c4ccccc4c4ccc5c(c6ccccc6n5-c5ccccc5)c43)n2)cc(C(C)(C)C)c1. The first-order valence-electron chi connectivity index (χ1n) is 29.9. The molecule has 9 heteroatoms. The van der Waals surface area contributed by atoms with Gasteiger partial charge in [0.1, 0.15) is 0 Å². The lowest BCUT2D eigenvalue weighted by atomic mass is 9.79. The van der Waals surface area contributed by atoms with E-state index in [9.17, 15) is 10.5 Å². The van der Waals surface area contributed by atoms with Gasteiger partial charge in [-0.05, 0) is 131 Å². The number of fused-ring (bicyclic) bond motifs is 14. The lowest BCUT2D eigenvalue weighted by Crippen LogP contribution is -2.17. The number of hydrogen-bond donors (Lipinski definition) is 0. The molecule has 11 aromatic carbocycles. The van der Waals surface area contributed by atoms with Crippen LogP contribution in [0.1, 0.15) is 63.8 Å². The zero-order valence-electron chi connectivity index (χ0n) is 49.5. The predicted octanol–water partition coefficient (Wildman–Crippen LogP) is 19.6. The van der Waals surface area contributed by atoms with E-state index in [1.807, 2.05) is 30.3 Å². The standard InChI is InChI=1S/C79H57N9/c1-78(2,3)51-43-50(44-52(45-51)79(4,5)6)75-82-76(61-35-33-49(47-81)42-70(61)88-64-30-18-14-26-56(64)58-37-40-69-72(74(58)88)60-28-16-20-32-66(60)86(69)54-23-11-8-12-24-54)84-77(83-75)62-41-48(46-80)34-38-67(62)87-63-29-17-13-25-55(63)57-36-39-68-71(73(57)87)59-27-15-19-31-65(59)85(68)53-21-9-7-10-22-53/h7-45H,1-6H3. The topological polar surface area (TPSA) is 106 Å². The summed E-state index contributed by atoms with van der Waals surface area (Å²) in [5, 5.41) is 30.6. The van der Waals surface area contributed by atoms with Crippen molar-refractivity contribution in [2.75, 3.05) is 0 Å². The van der Waals surface area contributed by atoms with Crippen molar-refractivity contribution in [2.24, 2.45) is 0 Å². The highest BCUT2D eigenvalue weighted by atomic mass is 15.1. The van der Waals surface area contributed by atoms with E-state index in [1.165, 1.54) is 0 Å². The summed E-state index contributed by atoms with van der Waals surface area (Å²) < 4.78 is 9.38. The Balaban J connectivity index is 1.03. The molecule has 418 valence electrons. The van der Waals surface area contributed by atoms with Crippen LogP contribution in [0.25, 0.3) is 144 Å². The van der Waals surface area contributed by atoms with Crippen molar-refractivity contribution in [1.82, 2.24) is 33.2 Å². The van der Waals surface area contributed by atoms with E-state index in [2.05, 4.69) is 278 Å². The number of nitriles is 2. The molecule has 5 aromatic heterocycles. The number of benzene rings is 11. The van der Waals surface area contributed by atoms with Gasteiger partial charge < -0.3 is 18.3 Å². The van der Waals surface area contributed by atoms with Gasteiger partial charge in [0, 0.05) is 71.2 Å². The Bertz CT molecular complexity index is 5640. The number of rotatable bonds is 7. The molecule has 0 spiro atoms. The van der Waals surface area contributed by atoms with Gasteiger partial charge in [-0.2, -0.15) is 10.5 Å². The minimum absolute atomic E-state index is 0.222. The van der Waals surface area contributed by atoms with E-state index in [1.54, 1.807) is 0 Å². The summed E-state index contributed by atoms with van der Waals surface area (Å²) in [6.07, 6.45) is 0. The van der Waals surface area contributed by atoms with Gasteiger partial charge in [0.15, 0.2) is 17.5 Å². The van der Waals surface area contributed by atoms with Crippen molar-refractivity contribution < 1.29 is 0 Å². The average Bonchev–Trinajstić information content (AvgIpc) is 1.60. The Morgan fingerprint density at radius 3 is 1.22 bits per heavy atom. The highest BCUT2D eigenvalue weighted by molar-refractivity contribution is 6.28. The molecule has 0 aliphatic rings. The Labute approximate surface area is 508 Å². The first-order chi connectivity index (χ1) is 42.8. The number of hydrogen-bond acceptors (Lipinski definition) is 5. The molecule has 0 atom stereocenters. The third-order valence-corrected chi connectivity index (χ3v) is 17.7. The molecule has 0 aliphatic carbocycles. The summed E-state index contributed by atoms with van der Waals surface area (Å²) in [5.41, 5.74) is 16.9. The fraction of sp³-hybridized carbons (Fsp3) is 0.101. The van der Waals surface area contributed by atoms with Gasteiger partial charge in [0.2, 0.25) is 0 Å². The summed E-state index contributed by atoms with van der Waals surface area (Å²) in [6.45, 7) is 13.4. The normalized spacial score (nSPS) is 12.2. The maximum absolute atomic E-state index is 11.0. The van der Waals surface area contributed by atoms with E-state index < -0.39 is 0 Å². The zero-order chi connectivity index (χ0) is 59.7. The average molecular weight is 1130 g/mol. The van der Waals surface area contributed by atoms with Crippen molar-refractivity contribution in [3.63, 3.8) is 0 Å². The van der Waals surface area contributed by atoms with Gasteiger partial charge in [-0.1, -0.05) is 169 Å². The Kier molecular flexibility index (Phi) is 11.6. The monoisotopic (exact) mass is 1130 g/mol. The number of para-hydroxylation sites is 6. The highest BCUT2D eigenvalue weighted by Crippen LogP contribution is 2.47. The largest absolute Gasteiger partial charge is 0.309 e. The van der Waals surface area contributed by atoms with Crippen LogP contribution < -0.4 is 0 Å². The lowest BCUT2D eigenvalue weighted by Gasteiger charge is -2.26. The van der Waals surface area contributed by atoms with E-state index in [4.69, 9.17) is 15.0 Å². The van der Waals surface area contributed by atoms with E-state index in [-0.39, 0.29) is 10.8 Å². The lowest BCUT2D eigenvalue weighted by molar-refractivity contribution is 0.569. The zero-order valence-corrected chi connectivity index (χ0v) is 49.5. The molecule has 0 N–H and O–H groups in total. The van der Waals surface area contributed by atoms with Crippen LogP contribution in [0.3, 0.4) is 0 Å². The molecule has 16 rings (SSSR count). The minimum Gasteiger partial charge on any atom is -0.309 e. The molecular formula is C79H57N9. The van der Waals surface area contributed by atoms with Crippen molar-refractivity contribution in [3.8, 4) is 69.1 Å². The van der Waals surface area contributed by atoms with Crippen LogP contribution in [0, 0.1) is 22.7 Å². The van der Waals surface area contributed by atoms with Crippen molar-refractivity contribution >= 4 is 87.2 Å². The third-order valence-electron chi connectivity index (χ3n) is 17.7. The minimum atomic E-state index is -0.222. The van der Waals surface area contributed by atoms with E-state index in [0.717, 1.165) is 127 Å². The predicted molar refractivity (Wildman–Crippen MR) is 360 cm³/mol. The molecule has 0 fully saturated rings. The summed E-state index contributed by atoms with van der Waals surface area (Å²) in [5.74, 6) is 1.28. The maximum Gasteiger partial charge on any atom is 0.166 e. The Morgan fingerprint density at radius 1 is 0.318 bits per heavy atom. The molecule has 0 unspecified atom stereocenters. The molecule has 0 amide bonds. The van der Waals surface area contributed by atoms with Crippen molar-refractivity contribution in [3.05, 3.63) is 259 Å². The Hall–Kier alpha value is -11.4. The molecule has 88 heavy (non-hydrogen) atoms. The van der Waals surface area contributed by atoms with Crippen LogP contribution in [0.15, 0.2) is 237 Å². The molecule has 16 aromatic rings. The van der Waals surface area contributed by atoms with Gasteiger partial charge in [0.05, 0.1) is 78.8 Å². The van der Waals surface area contributed by atoms with E-state index >= 15 is 0 Å². The quantitative estimate of drug-likeness (QED) is 0.158. The fourth-order valence-electron chi connectivity index (χ4n) is 13.6. The van der Waals surface area contributed by atoms with E-state index in [0.29, 0.717) is 39.7 Å². The molecule has 0 bridgehead atoms. The van der Waals surface area contributed by atoms with Crippen LogP contribution in [0.5, 0.6) is 0 Å². The van der Waals surface area contributed by atoms with Gasteiger partial charge in [-0.3, -0.25) is 0 Å². The molecule has 0 aliphatic heterocycles. The second-order valence-electron chi connectivity index (χ2n) is 25.1. The van der Waals surface area contributed by atoms with Crippen LogP contribution in [-0.4, -0.2) is 33.2 Å². The summed E-state index contributed by atoms with van der Waals surface area (Å²) in [6, 6.07) is 87.9. The first kappa shape index (κ1) is 52.2. The van der Waals surface area contributed by atoms with Gasteiger partial charge in [-0.25, -0.2) is 15.0 Å². The fourth-order valence-corrected chi connectivity index (χ4v) is 13.6. The van der Waals surface area contributed by atoms with Crippen molar-refractivity contribution in [2.45, 2.75) is 52.4 Å². The van der Waals surface area contributed by atoms with Gasteiger partial charge in [0.25, 0.3) is 0 Å². The third kappa shape index (κ3) is 8.01. The molecule has 0 saturated heterocycles. The van der Waals surface area contributed by atoms with Crippen LogP contribution in [0.4, 0.5) is 0 Å². The Morgan fingerprint density at radius 2 is 0.727 bits per heavy atom. The van der Waals surface area contributed by atoms with Crippen LogP contribution >= 0.6 is 0 Å². The number of nitrogens with zero attached hydrogens (tertiary/aromatic N) is 9. The molecular weight excluding hydrogens is 1070 g/mol. The highest BCUT2D eigenvalue weighted by Gasteiger charge is 2.29. The van der Waals surface area contributed by atoms with Gasteiger partial charge >= 0.3 is 0 Å². The van der Waals surface area contributed by atoms with Crippen LogP contribution in [-0.2, 0) is 10.8 Å². The molecule has 5 heterocycles.